The number of azo groups is 1. The highest BCUT2D eigenvalue weighted by Crippen LogP contribution is 2.33. The predicted octanol–water partition coefficient (Wildman–Crippen LogP) is 4.05. The second-order valence-corrected chi connectivity index (χ2v) is 4.60. The van der Waals surface area contributed by atoms with Crippen molar-refractivity contribution < 1.29 is 9.84 Å². The van der Waals surface area contributed by atoms with Gasteiger partial charge in [-0.1, -0.05) is 31.2 Å². The fraction of sp³-hybridized carbons (Fsp3) is 0.333. The third kappa shape index (κ3) is 2.90. The lowest BCUT2D eigenvalue weighted by Crippen LogP contribution is -2.17. The molecule has 100 valence electrons. The Morgan fingerprint density at radius 2 is 1.84 bits per heavy atom. The van der Waals surface area contributed by atoms with Crippen LogP contribution < -0.4 is 4.74 Å². The summed E-state index contributed by atoms with van der Waals surface area (Å²) in [6, 6.07) is 11.5. The summed E-state index contributed by atoms with van der Waals surface area (Å²) in [6.45, 7) is 3.51. The van der Waals surface area contributed by atoms with E-state index in [9.17, 15) is 5.11 Å². The first-order chi connectivity index (χ1) is 9.07. The molecule has 1 N–H and O–H groups in total. The summed E-state index contributed by atoms with van der Waals surface area (Å²) < 4.78 is 5.33. The van der Waals surface area contributed by atoms with Gasteiger partial charge in [0.1, 0.15) is 5.75 Å². The maximum absolute atomic E-state index is 9.87. The Labute approximate surface area is 112 Å². The molecule has 0 fully saturated rings. The molecule has 2 aromatic rings. The molecule has 4 heteroatoms. The highest BCUT2D eigenvalue weighted by atomic mass is 16.5. The van der Waals surface area contributed by atoms with Crippen molar-refractivity contribution in [2.24, 2.45) is 10.2 Å². The van der Waals surface area contributed by atoms with Crippen molar-refractivity contribution in [2.75, 3.05) is 7.11 Å². The number of fused-ring (bicyclic) bond motifs is 1. The molecule has 0 heterocycles. The van der Waals surface area contributed by atoms with Gasteiger partial charge in [0.25, 0.3) is 0 Å². The van der Waals surface area contributed by atoms with Gasteiger partial charge in [0, 0.05) is 10.8 Å². The molecule has 2 aromatic carbocycles. The van der Waals surface area contributed by atoms with Crippen molar-refractivity contribution in [2.45, 2.75) is 26.0 Å². The molecule has 0 aliphatic rings. The Morgan fingerprint density at radius 1 is 1.16 bits per heavy atom. The number of methoxy groups -OCH3 is 1. The first-order valence-electron chi connectivity index (χ1n) is 6.28. The van der Waals surface area contributed by atoms with Crippen molar-refractivity contribution in [3.8, 4) is 5.75 Å². The van der Waals surface area contributed by atoms with Crippen LogP contribution in [-0.4, -0.2) is 17.9 Å². The summed E-state index contributed by atoms with van der Waals surface area (Å²) in [5.74, 6) is 0.803. The van der Waals surface area contributed by atoms with Crippen LogP contribution >= 0.6 is 0 Å². The Kier molecular flexibility index (Phi) is 3.81. The Bertz CT molecular complexity index is 606. The minimum absolute atomic E-state index is 0.518. The van der Waals surface area contributed by atoms with Crippen molar-refractivity contribution in [3.63, 3.8) is 0 Å². The largest absolute Gasteiger partial charge is 0.496 e. The first-order valence-corrected chi connectivity index (χ1v) is 6.28. The van der Waals surface area contributed by atoms with Crippen molar-refractivity contribution in [3.05, 3.63) is 36.4 Å². The van der Waals surface area contributed by atoms with Crippen molar-refractivity contribution >= 4 is 16.5 Å². The van der Waals surface area contributed by atoms with Gasteiger partial charge in [-0.05, 0) is 25.5 Å². The zero-order valence-electron chi connectivity index (χ0n) is 11.4. The van der Waals surface area contributed by atoms with E-state index < -0.39 is 5.72 Å². The zero-order chi connectivity index (χ0) is 13.9. The van der Waals surface area contributed by atoms with Crippen LogP contribution in [0, 0.1) is 0 Å². The lowest BCUT2D eigenvalue weighted by Gasteiger charge is -2.13. The minimum atomic E-state index is -1.12. The van der Waals surface area contributed by atoms with E-state index in [2.05, 4.69) is 10.2 Å². The summed E-state index contributed by atoms with van der Waals surface area (Å²) in [5.41, 5.74) is -0.397. The molecule has 0 radical (unpaired) electrons. The van der Waals surface area contributed by atoms with E-state index in [1.54, 1.807) is 14.0 Å². The average Bonchev–Trinajstić information content (AvgIpc) is 2.44. The van der Waals surface area contributed by atoms with Crippen LogP contribution in [0.25, 0.3) is 10.8 Å². The topological polar surface area (TPSA) is 54.2 Å². The minimum Gasteiger partial charge on any atom is -0.496 e. The van der Waals surface area contributed by atoms with Crippen LogP contribution in [0.1, 0.15) is 20.3 Å². The average molecular weight is 258 g/mol. The fourth-order valence-electron chi connectivity index (χ4n) is 1.75. The lowest BCUT2D eigenvalue weighted by molar-refractivity contribution is 0.0586. The summed E-state index contributed by atoms with van der Waals surface area (Å²) in [7, 11) is 1.64. The van der Waals surface area contributed by atoms with Crippen molar-refractivity contribution in [1.29, 1.82) is 0 Å². The molecule has 0 spiro atoms. The van der Waals surface area contributed by atoms with Gasteiger partial charge < -0.3 is 9.84 Å². The predicted molar refractivity (Wildman–Crippen MR) is 75.9 cm³/mol. The highest BCUT2D eigenvalue weighted by Gasteiger charge is 2.15. The molecule has 0 saturated carbocycles. The van der Waals surface area contributed by atoms with Crippen LogP contribution in [0.15, 0.2) is 46.6 Å². The first kappa shape index (κ1) is 13.5. The van der Waals surface area contributed by atoms with Gasteiger partial charge in [0.05, 0.1) is 12.8 Å². The van der Waals surface area contributed by atoms with Gasteiger partial charge in [-0.3, -0.25) is 0 Å². The molecule has 0 aliphatic heterocycles. The monoisotopic (exact) mass is 258 g/mol. The van der Waals surface area contributed by atoms with E-state index >= 15 is 0 Å². The van der Waals surface area contributed by atoms with Crippen molar-refractivity contribution in [1.82, 2.24) is 0 Å². The normalized spacial score (nSPS) is 14.7. The van der Waals surface area contributed by atoms with Crippen LogP contribution in [-0.2, 0) is 0 Å². The molecular formula is C15H18N2O2. The molecule has 0 bridgehead atoms. The molecule has 19 heavy (non-hydrogen) atoms. The zero-order valence-corrected chi connectivity index (χ0v) is 11.4. The van der Waals surface area contributed by atoms with E-state index in [-0.39, 0.29) is 0 Å². The maximum Gasteiger partial charge on any atom is 0.173 e. The molecular weight excluding hydrogens is 240 g/mol. The number of rotatable bonds is 4. The Balaban J connectivity index is 2.51. The summed E-state index contributed by atoms with van der Waals surface area (Å²) in [6.07, 6.45) is 0.518. The number of benzene rings is 2. The standard InChI is InChI=1S/C15H18N2O2/c1-4-15(2,18)17-16-13-9-10-14(19-3)12-8-6-5-7-11(12)13/h5-10,18H,4H2,1-3H3. The van der Waals surface area contributed by atoms with Crippen LogP contribution in [0.5, 0.6) is 5.75 Å². The van der Waals surface area contributed by atoms with Gasteiger partial charge in [-0.2, -0.15) is 10.2 Å². The van der Waals surface area contributed by atoms with E-state index in [4.69, 9.17) is 4.74 Å². The van der Waals surface area contributed by atoms with Gasteiger partial charge in [0.2, 0.25) is 0 Å². The van der Waals surface area contributed by atoms with E-state index in [1.807, 2.05) is 43.3 Å². The third-order valence-corrected chi connectivity index (χ3v) is 3.12. The van der Waals surface area contributed by atoms with Crippen LogP contribution in [0.4, 0.5) is 5.69 Å². The SMILES string of the molecule is CCC(C)(O)N=Nc1ccc(OC)c2ccccc12. The summed E-state index contributed by atoms with van der Waals surface area (Å²) >= 11 is 0. The molecule has 0 saturated heterocycles. The van der Waals surface area contributed by atoms with Gasteiger partial charge in [-0.15, -0.1) is 0 Å². The molecule has 1 atom stereocenters. The molecule has 4 nitrogen and oxygen atoms in total. The molecule has 2 rings (SSSR count). The lowest BCUT2D eigenvalue weighted by atomic mass is 10.1. The number of hydrogen-bond acceptors (Lipinski definition) is 4. The van der Waals surface area contributed by atoms with E-state index in [1.165, 1.54) is 0 Å². The Hall–Kier alpha value is -1.94. The number of nitrogens with zero attached hydrogens (tertiary/aromatic N) is 2. The smallest absolute Gasteiger partial charge is 0.173 e. The van der Waals surface area contributed by atoms with Gasteiger partial charge >= 0.3 is 0 Å². The quantitative estimate of drug-likeness (QED) is 0.841. The fourth-order valence-corrected chi connectivity index (χ4v) is 1.75. The summed E-state index contributed by atoms with van der Waals surface area (Å²) in [4.78, 5) is 0. The molecule has 0 aromatic heterocycles. The van der Waals surface area contributed by atoms with Gasteiger partial charge in [-0.25, -0.2) is 0 Å². The summed E-state index contributed by atoms with van der Waals surface area (Å²) in [5, 5.41) is 20.0. The van der Waals surface area contributed by atoms with Crippen LogP contribution in [0.2, 0.25) is 0 Å². The van der Waals surface area contributed by atoms with E-state index in [0.717, 1.165) is 22.2 Å². The van der Waals surface area contributed by atoms with E-state index in [0.29, 0.717) is 6.42 Å². The second kappa shape index (κ2) is 5.36. The molecule has 0 aliphatic carbocycles. The Morgan fingerprint density at radius 3 is 2.47 bits per heavy atom. The number of aliphatic hydroxyl groups is 1. The maximum atomic E-state index is 9.87. The van der Waals surface area contributed by atoms with Crippen LogP contribution in [0.3, 0.4) is 0 Å². The molecule has 0 amide bonds. The highest BCUT2D eigenvalue weighted by molar-refractivity contribution is 5.96. The second-order valence-electron chi connectivity index (χ2n) is 4.60. The number of ether oxygens (including phenoxy) is 1. The molecule has 1 unspecified atom stereocenters. The number of hydrogen-bond donors (Lipinski definition) is 1. The third-order valence-electron chi connectivity index (χ3n) is 3.12. The van der Waals surface area contributed by atoms with Gasteiger partial charge in [0.15, 0.2) is 5.72 Å².